The van der Waals surface area contributed by atoms with Gasteiger partial charge >= 0.3 is 0 Å². The second kappa shape index (κ2) is 2.09. The van der Waals surface area contributed by atoms with E-state index in [1.54, 1.807) is 0 Å². The van der Waals surface area contributed by atoms with E-state index in [4.69, 9.17) is 0 Å². The number of hydrogen-bond donors (Lipinski definition) is 0. The Morgan fingerprint density at radius 2 is 1.56 bits per heavy atom. The van der Waals surface area contributed by atoms with Crippen LogP contribution >= 0.6 is 0 Å². The fourth-order valence-corrected chi connectivity index (χ4v) is 0.918. The summed E-state index contributed by atoms with van der Waals surface area (Å²) in [4.78, 5) is 0. The molecule has 52 valence electrons. The summed E-state index contributed by atoms with van der Waals surface area (Å²) in [5.74, 6) is 0.678. The van der Waals surface area contributed by atoms with Crippen LogP contribution in [0.4, 0.5) is 0 Å². The minimum Gasteiger partial charge on any atom is -0.194 e. The highest BCUT2D eigenvalue weighted by Crippen LogP contribution is 2.28. The van der Waals surface area contributed by atoms with Crippen LogP contribution in [0.2, 0.25) is 0 Å². The van der Waals surface area contributed by atoms with E-state index in [1.807, 2.05) is 0 Å². The highest BCUT2D eigenvalue weighted by molar-refractivity contribution is 4.79. The molecule has 0 atom stereocenters. The molecule has 0 aromatic heterocycles. The van der Waals surface area contributed by atoms with Crippen molar-refractivity contribution < 1.29 is 0 Å². The summed E-state index contributed by atoms with van der Waals surface area (Å²) in [5.41, 5.74) is 0.392. The van der Waals surface area contributed by atoms with E-state index in [-0.39, 0.29) is 0 Å². The van der Waals surface area contributed by atoms with E-state index in [9.17, 15) is 0 Å². The van der Waals surface area contributed by atoms with Gasteiger partial charge in [-0.05, 0) is 5.41 Å². The third-order valence-corrected chi connectivity index (χ3v) is 1.93. The molecule has 0 saturated heterocycles. The molecule has 0 bridgehead atoms. The third kappa shape index (κ3) is 1.50. The van der Waals surface area contributed by atoms with Crippen molar-refractivity contribution in [3.05, 3.63) is 0 Å². The first-order valence-corrected chi connectivity index (χ1v) is 3.44. The van der Waals surface area contributed by atoms with Gasteiger partial charge in [0.25, 0.3) is 0 Å². The van der Waals surface area contributed by atoms with E-state index >= 15 is 0 Å². The smallest absolute Gasteiger partial charge is 0.0650 e. The predicted octanol–water partition coefficient (Wildman–Crippen LogP) is 2.11. The molecule has 1 heterocycles. The Morgan fingerprint density at radius 3 is 1.78 bits per heavy atom. The van der Waals surface area contributed by atoms with Crippen LogP contribution in [-0.4, -0.2) is 13.1 Å². The molecule has 0 aliphatic carbocycles. The van der Waals surface area contributed by atoms with Crippen LogP contribution in [0.1, 0.15) is 20.8 Å². The van der Waals surface area contributed by atoms with Gasteiger partial charge in [-0.1, -0.05) is 20.8 Å². The molecule has 0 aromatic rings. The summed E-state index contributed by atoms with van der Waals surface area (Å²) in [6.45, 7) is 8.60. The molecule has 1 aliphatic rings. The molecule has 0 unspecified atom stereocenters. The Hall–Kier alpha value is -0.400. The summed E-state index contributed by atoms with van der Waals surface area (Å²) in [6.07, 6.45) is 0. The normalized spacial score (nSPS) is 21.2. The Labute approximate surface area is 56.4 Å². The van der Waals surface area contributed by atoms with Crippen molar-refractivity contribution in [2.75, 3.05) is 13.1 Å². The van der Waals surface area contributed by atoms with Gasteiger partial charge in [0.15, 0.2) is 0 Å². The minimum atomic E-state index is 0.392. The summed E-state index contributed by atoms with van der Waals surface area (Å²) in [7, 11) is 0. The molecular weight excluding hydrogens is 112 g/mol. The maximum Gasteiger partial charge on any atom is 0.0650 e. The largest absolute Gasteiger partial charge is 0.194 e. The quantitative estimate of drug-likeness (QED) is 0.475. The summed E-state index contributed by atoms with van der Waals surface area (Å²) in [5, 5.41) is 7.91. The Kier molecular flexibility index (Phi) is 1.56. The number of nitrogens with zero attached hydrogens (tertiary/aromatic N) is 2. The topological polar surface area (TPSA) is 24.7 Å². The third-order valence-electron chi connectivity index (χ3n) is 1.93. The van der Waals surface area contributed by atoms with Crippen molar-refractivity contribution in [2.45, 2.75) is 20.8 Å². The zero-order valence-corrected chi connectivity index (χ0v) is 6.39. The Balaban J connectivity index is 2.46. The second-order valence-corrected chi connectivity index (χ2v) is 3.71. The minimum absolute atomic E-state index is 0.392. The lowest BCUT2D eigenvalue weighted by Gasteiger charge is -2.23. The monoisotopic (exact) mass is 126 g/mol. The van der Waals surface area contributed by atoms with Crippen molar-refractivity contribution in [3.8, 4) is 0 Å². The molecule has 1 rings (SSSR count). The van der Waals surface area contributed by atoms with Crippen molar-refractivity contribution >= 4 is 0 Å². The summed E-state index contributed by atoms with van der Waals surface area (Å²) in [6, 6.07) is 0. The second-order valence-electron chi connectivity index (χ2n) is 3.71. The van der Waals surface area contributed by atoms with Gasteiger partial charge in [-0.2, -0.15) is 10.2 Å². The number of rotatable bonds is 0. The standard InChI is InChI=1S/C7H14N2/c1-7(2,3)6-4-8-9-5-6/h6H,4-5H2,1-3H3. The van der Waals surface area contributed by atoms with Gasteiger partial charge < -0.3 is 0 Å². The van der Waals surface area contributed by atoms with Crippen molar-refractivity contribution in [3.63, 3.8) is 0 Å². The summed E-state index contributed by atoms with van der Waals surface area (Å²) >= 11 is 0. The van der Waals surface area contributed by atoms with Crippen LogP contribution in [0.5, 0.6) is 0 Å². The molecular formula is C7H14N2. The highest BCUT2D eigenvalue weighted by Gasteiger charge is 2.26. The highest BCUT2D eigenvalue weighted by atomic mass is 15.1. The van der Waals surface area contributed by atoms with E-state index in [1.165, 1.54) is 0 Å². The molecule has 0 N–H and O–H groups in total. The molecule has 0 spiro atoms. The molecule has 0 radical (unpaired) electrons. The average Bonchev–Trinajstić information content (AvgIpc) is 2.08. The van der Waals surface area contributed by atoms with Gasteiger partial charge in [0.2, 0.25) is 0 Å². The maximum absolute atomic E-state index is 3.96. The Morgan fingerprint density at radius 1 is 1.11 bits per heavy atom. The molecule has 0 saturated carbocycles. The molecule has 2 nitrogen and oxygen atoms in total. The molecule has 0 aromatic carbocycles. The Bertz CT molecular complexity index is 113. The first-order valence-electron chi connectivity index (χ1n) is 3.44. The van der Waals surface area contributed by atoms with Crippen LogP contribution in [0.3, 0.4) is 0 Å². The molecule has 1 aliphatic heterocycles. The van der Waals surface area contributed by atoms with E-state index in [2.05, 4.69) is 31.0 Å². The van der Waals surface area contributed by atoms with Crippen molar-refractivity contribution in [2.24, 2.45) is 21.6 Å². The average molecular weight is 126 g/mol. The number of hydrogen-bond acceptors (Lipinski definition) is 2. The molecule has 0 fully saturated rings. The van der Waals surface area contributed by atoms with Crippen molar-refractivity contribution in [1.82, 2.24) is 0 Å². The maximum atomic E-state index is 3.96. The fourth-order valence-electron chi connectivity index (χ4n) is 0.918. The lowest BCUT2D eigenvalue weighted by Crippen LogP contribution is -2.22. The van der Waals surface area contributed by atoms with Gasteiger partial charge in [-0.15, -0.1) is 0 Å². The van der Waals surface area contributed by atoms with Crippen LogP contribution in [0, 0.1) is 11.3 Å². The van der Waals surface area contributed by atoms with Crippen LogP contribution < -0.4 is 0 Å². The predicted molar refractivity (Wildman–Crippen MR) is 37.5 cm³/mol. The van der Waals surface area contributed by atoms with E-state index in [0.29, 0.717) is 11.3 Å². The SMILES string of the molecule is CC(C)(C)C1CN=NC1. The van der Waals surface area contributed by atoms with Gasteiger partial charge in [0, 0.05) is 5.92 Å². The van der Waals surface area contributed by atoms with Crippen LogP contribution in [0.25, 0.3) is 0 Å². The summed E-state index contributed by atoms with van der Waals surface area (Å²) < 4.78 is 0. The molecule has 0 amide bonds. The van der Waals surface area contributed by atoms with Gasteiger partial charge in [-0.25, -0.2) is 0 Å². The van der Waals surface area contributed by atoms with E-state index < -0.39 is 0 Å². The lowest BCUT2D eigenvalue weighted by atomic mass is 9.81. The zero-order chi connectivity index (χ0) is 6.91. The van der Waals surface area contributed by atoms with Crippen LogP contribution in [0.15, 0.2) is 10.2 Å². The van der Waals surface area contributed by atoms with Crippen LogP contribution in [-0.2, 0) is 0 Å². The fraction of sp³-hybridized carbons (Fsp3) is 1.00. The number of azo groups is 1. The zero-order valence-electron chi connectivity index (χ0n) is 6.39. The first-order chi connectivity index (χ1) is 4.11. The van der Waals surface area contributed by atoms with E-state index in [0.717, 1.165) is 13.1 Å². The van der Waals surface area contributed by atoms with Gasteiger partial charge in [0.1, 0.15) is 0 Å². The molecule has 2 heteroatoms. The van der Waals surface area contributed by atoms with Gasteiger partial charge in [0.05, 0.1) is 13.1 Å². The van der Waals surface area contributed by atoms with Gasteiger partial charge in [-0.3, -0.25) is 0 Å². The lowest BCUT2D eigenvalue weighted by molar-refractivity contribution is 0.273. The van der Waals surface area contributed by atoms with Crippen molar-refractivity contribution in [1.29, 1.82) is 0 Å². The first kappa shape index (κ1) is 6.72. The molecule has 9 heavy (non-hydrogen) atoms.